The number of hydrogen-bond donors (Lipinski definition) is 0. The van der Waals surface area contributed by atoms with Gasteiger partial charge in [-0.3, -0.25) is 0 Å². The van der Waals surface area contributed by atoms with Gasteiger partial charge in [0, 0.05) is 0 Å². The quantitative estimate of drug-likeness (QED) is 0.129. The molecule has 10 aromatic rings. The van der Waals surface area contributed by atoms with Crippen LogP contribution in [0.3, 0.4) is 0 Å². The number of benzene rings is 10. The van der Waals surface area contributed by atoms with Crippen molar-refractivity contribution in [3.8, 4) is 78.9 Å². The molecule has 0 amide bonds. The van der Waals surface area contributed by atoms with Gasteiger partial charge in [-0.1, -0.05) is 84.9 Å². The second-order valence-corrected chi connectivity index (χ2v) is 16.9. The Morgan fingerprint density at radius 2 is 0.855 bits per heavy atom. The molecule has 12 rings (SSSR count). The topological polar surface area (TPSA) is 56.3 Å². The Kier molecular flexibility index (Phi) is 7.13. The van der Waals surface area contributed by atoms with Gasteiger partial charge in [0.2, 0.25) is 0 Å². The molecular weight excluding hydrogens is 753 g/mol. The van der Waals surface area contributed by atoms with Crippen LogP contribution < -0.4 is 0 Å². The summed E-state index contributed by atoms with van der Waals surface area (Å²) in [5.74, 6) is 0. The van der Waals surface area contributed by atoms with Crippen LogP contribution in [0.25, 0.3) is 130 Å². The summed E-state index contributed by atoms with van der Waals surface area (Å²) in [6.45, 7) is 24.5. The van der Waals surface area contributed by atoms with Gasteiger partial charge in [-0.2, -0.15) is 10.5 Å². The van der Waals surface area contributed by atoms with E-state index >= 15 is 0 Å². The van der Waals surface area contributed by atoms with E-state index in [4.69, 9.17) is 13.1 Å². The summed E-state index contributed by atoms with van der Waals surface area (Å²) in [4.78, 5) is 8.11. The number of fused-ring (bicyclic) bond motifs is 11. The summed E-state index contributed by atoms with van der Waals surface area (Å²) in [5.41, 5.74) is 17.9. The lowest BCUT2D eigenvalue weighted by molar-refractivity contribution is 1.36. The maximum atomic E-state index is 10.9. The van der Waals surface area contributed by atoms with Crippen molar-refractivity contribution in [1.82, 2.24) is 0 Å². The predicted octanol–water partition coefficient (Wildman–Crippen LogP) is 16.2. The molecular formula is C58H32N4. The van der Waals surface area contributed by atoms with Crippen molar-refractivity contribution in [1.29, 1.82) is 10.5 Å². The van der Waals surface area contributed by atoms with E-state index in [2.05, 4.69) is 131 Å². The first-order chi connectivity index (χ1) is 30.2. The van der Waals surface area contributed by atoms with Crippen molar-refractivity contribution in [2.75, 3.05) is 0 Å². The minimum atomic E-state index is 0.529. The van der Waals surface area contributed by atoms with Gasteiger partial charge in [0.05, 0.1) is 36.4 Å². The molecule has 0 aliphatic heterocycles. The zero-order chi connectivity index (χ0) is 42.3. The second-order valence-electron chi connectivity index (χ2n) is 16.9. The zero-order valence-electron chi connectivity index (χ0n) is 34.3. The molecule has 62 heavy (non-hydrogen) atoms. The van der Waals surface area contributed by atoms with Gasteiger partial charge in [0.1, 0.15) is 0 Å². The maximum Gasteiger partial charge on any atom is 0.198 e. The van der Waals surface area contributed by atoms with Crippen LogP contribution >= 0.6 is 0 Å². The van der Waals surface area contributed by atoms with E-state index in [1.54, 1.807) is 0 Å². The molecule has 4 heteroatoms. The van der Waals surface area contributed by atoms with Crippen LogP contribution in [0.5, 0.6) is 0 Å². The first-order valence-corrected chi connectivity index (χ1v) is 20.7. The van der Waals surface area contributed by atoms with Crippen LogP contribution in [0.1, 0.15) is 33.4 Å². The van der Waals surface area contributed by atoms with Crippen LogP contribution in [-0.4, -0.2) is 0 Å². The molecule has 0 radical (unpaired) electrons. The van der Waals surface area contributed by atoms with E-state index in [1.807, 2.05) is 39.8 Å². The average molecular weight is 785 g/mol. The SMILES string of the molecule is [C-]#[N+]c1cc(C)c(C#N)c(-c2cc3c4cc5c(cc4c(-c4c(C)c(C#N)cc(C)c4[N+]#[C-])cc3c3cc4c(cc23)-c2cccc3cccc-4c23)-c2cccc3cccc-5c23)c1C. The van der Waals surface area contributed by atoms with E-state index in [1.165, 1.54) is 43.8 Å². The van der Waals surface area contributed by atoms with Gasteiger partial charge < -0.3 is 0 Å². The Bertz CT molecular complexity index is 3730. The smallest absolute Gasteiger partial charge is 0.198 e. The molecule has 0 N–H and O–H groups in total. The highest BCUT2D eigenvalue weighted by molar-refractivity contribution is 6.29. The van der Waals surface area contributed by atoms with Crippen molar-refractivity contribution in [2.24, 2.45) is 0 Å². The van der Waals surface area contributed by atoms with E-state index in [9.17, 15) is 10.5 Å². The highest BCUT2D eigenvalue weighted by Gasteiger charge is 2.29. The lowest BCUT2D eigenvalue weighted by atomic mass is 9.81. The normalized spacial score (nSPS) is 11.8. The van der Waals surface area contributed by atoms with Crippen LogP contribution in [0.2, 0.25) is 0 Å². The molecule has 0 spiro atoms. The number of aryl methyl sites for hydroxylation is 2. The number of nitriles is 2. The third-order valence-electron chi connectivity index (χ3n) is 13.8. The first kappa shape index (κ1) is 35.4. The molecule has 2 aliphatic rings. The lowest BCUT2D eigenvalue weighted by Gasteiger charge is -2.22. The van der Waals surface area contributed by atoms with E-state index in [0.717, 1.165) is 99.1 Å². The van der Waals surface area contributed by atoms with Crippen molar-refractivity contribution >= 4 is 65.2 Å². The summed E-state index contributed by atoms with van der Waals surface area (Å²) < 4.78 is 0. The van der Waals surface area contributed by atoms with Crippen LogP contribution in [0.15, 0.2) is 121 Å². The average Bonchev–Trinajstić information content (AvgIpc) is 3.79. The fourth-order valence-electron chi connectivity index (χ4n) is 11.0. The standard InChI is InChI=1S/C58H32N4/c1-29-20-53(61-5)32(4)54(52(29)28-60)50-25-46-45-22-41-37-16-8-12-34-14-10-18-39(57(34)37)43(41)24-49(45)51(55-31(3)35(27-59)19-30(2)58(55)62-6)26-47(46)44-21-40-36-15-7-11-33-13-9-17-38(56(33)36)42(40)23-48(44)50/h7-26H,1-4H3. The van der Waals surface area contributed by atoms with Gasteiger partial charge in [-0.15, -0.1) is 0 Å². The molecule has 0 saturated carbocycles. The van der Waals surface area contributed by atoms with Gasteiger partial charge in [0.15, 0.2) is 11.4 Å². The largest absolute Gasteiger partial charge is 0.238 e. The molecule has 10 aromatic carbocycles. The molecule has 0 aromatic heterocycles. The maximum absolute atomic E-state index is 10.9. The van der Waals surface area contributed by atoms with Gasteiger partial charge >= 0.3 is 0 Å². The predicted molar refractivity (Wildman–Crippen MR) is 255 cm³/mol. The van der Waals surface area contributed by atoms with Gasteiger partial charge in [-0.25, -0.2) is 9.69 Å². The summed E-state index contributed by atoms with van der Waals surface area (Å²) >= 11 is 0. The van der Waals surface area contributed by atoms with Crippen LogP contribution in [0.4, 0.5) is 11.4 Å². The fourth-order valence-corrected chi connectivity index (χ4v) is 11.0. The Balaban J connectivity index is 1.34. The Labute approximate surface area is 358 Å². The molecule has 0 saturated heterocycles. The van der Waals surface area contributed by atoms with Crippen molar-refractivity contribution in [2.45, 2.75) is 27.7 Å². The number of nitrogens with zero attached hydrogens (tertiary/aromatic N) is 4. The molecule has 0 atom stereocenters. The molecule has 0 unspecified atom stereocenters. The second kappa shape index (κ2) is 12.5. The highest BCUT2D eigenvalue weighted by atomic mass is 14.7. The monoisotopic (exact) mass is 784 g/mol. The Hall–Kier alpha value is -8.54. The van der Waals surface area contributed by atoms with E-state index < -0.39 is 0 Å². The molecule has 4 nitrogen and oxygen atoms in total. The van der Waals surface area contributed by atoms with E-state index in [-0.39, 0.29) is 0 Å². The first-order valence-electron chi connectivity index (χ1n) is 20.7. The number of rotatable bonds is 2. The minimum Gasteiger partial charge on any atom is -0.238 e. The van der Waals surface area contributed by atoms with Crippen LogP contribution in [0, 0.1) is 63.5 Å². The molecule has 0 bridgehead atoms. The summed E-state index contributed by atoms with van der Waals surface area (Å²) in [6.07, 6.45) is 0. The number of hydrogen-bond acceptors (Lipinski definition) is 2. The molecule has 0 heterocycles. The lowest BCUT2D eigenvalue weighted by Crippen LogP contribution is -1.97. The summed E-state index contributed by atoms with van der Waals surface area (Å²) in [6, 6.07) is 48.4. The van der Waals surface area contributed by atoms with Crippen molar-refractivity contribution in [3.63, 3.8) is 0 Å². The minimum absolute atomic E-state index is 0.529. The van der Waals surface area contributed by atoms with Crippen LogP contribution in [-0.2, 0) is 0 Å². The van der Waals surface area contributed by atoms with Gasteiger partial charge in [0.25, 0.3) is 0 Å². The van der Waals surface area contributed by atoms with E-state index in [0.29, 0.717) is 22.5 Å². The van der Waals surface area contributed by atoms with Crippen molar-refractivity contribution < 1.29 is 0 Å². The summed E-state index contributed by atoms with van der Waals surface area (Å²) in [5, 5.41) is 32.1. The Morgan fingerprint density at radius 1 is 0.419 bits per heavy atom. The Morgan fingerprint density at radius 3 is 1.29 bits per heavy atom. The van der Waals surface area contributed by atoms with Crippen molar-refractivity contribution in [3.05, 3.63) is 178 Å². The fraction of sp³-hybridized carbons (Fsp3) is 0.0690. The summed E-state index contributed by atoms with van der Waals surface area (Å²) in [7, 11) is 0. The third-order valence-corrected chi connectivity index (χ3v) is 13.8. The third kappa shape index (κ3) is 4.46. The highest BCUT2D eigenvalue weighted by Crippen LogP contribution is 2.55. The molecule has 284 valence electrons. The molecule has 2 aliphatic carbocycles. The molecule has 0 fully saturated rings. The van der Waals surface area contributed by atoms with Gasteiger partial charge in [-0.05, 0) is 207 Å². The zero-order valence-corrected chi connectivity index (χ0v) is 34.3.